The van der Waals surface area contributed by atoms with E-state index in [1.165, 1.54) is 16.3 Å². The summed E-state index contributed by atoms with van der Waals surface area (Å²) in [6, 6.07) is 22.7. The van der Waals surface area contributed by atoms with Crippen LogP contribution >= 0.6 is 0 Å². The van der Waals surface area contributed by atoms with Crippen LogP contribution in [0, 0.1) is 0 Å². The molecule has 0 saturated carbocycles. The third-order valence-electron chi connectivity index (χ3n) is 4.11. The normalized spacial score (nSPS) is 11.3. The van der Waals surface area contributed by atoms with Gasteiger partial charge in [-0.1, -0.05) is 60.7 Å². The van der Waals surface area contributed by atoms with Gasteiger partial charge in [0.25, 0.3) is 0 Å². The monoisotopic (exact) mass is 348 g/mol. The molecule has 134 valence electrons. The fraction of sp³-hybridized carbons (Fsp3) is 0.217. The van der Waals surface area contributed by atoms with E-state index >= 15 is 0 Å². The smallest absolute Gasteiger partial charge is 0.118 e. The summed E-state index contributed by atoms with van der Waals surface area (Å²) in [4.78, 5) is 0. The predicted molar refractivity (Wildman–Crippen MR) is 105 cm³/mol. The van der Waals surface area contributed by atoms with Crippen LogP contribution in [0.15, 0.2) is 78.9 Å². The molecule has 0 aromatic heterocycles. The van der Waals surface area contributed by atoms with Gasteiger partial charge in [0.1, 0.15) is 5.75 Å². The Morgan fingerprint density at radius 3 is 2.00 bits per heavy atom. The van der Waals surface area contributed by atoms with E-state index in [1.54, 1.807) is 7.11 Å². The Hall–Kier alpha value is -2.62. The standard InChI is InChI=1S/C23H24O3/c1-24-23-12-9-19(10-13-23)17-25-14-4-5-15-26-18-20-8-11-21-6-2-3-7-22(21)16-20/h2-13,16H,14-15,17-18H2,1H3/b5-4+. The fourth-order valence-electron chi connectivity index (χ4n) is 2.68. The summed E-state index contributed by atoms with van der Waals surface area (Å²) in [6.45, 7) is 2.36. The maximum atomic E-state index is 5.70. The van der Waals surface area contributed by atoms with Crippen molar-refractivity contribution in [1.29, 1.82) is 0 Å². The molecule has 0 unspecified atom stereocenters. The molecule has 0 N–H and O–H groups in total. The number of methoxy groups -OCH3 is 1. The lowest BCUT2D eigenvalue weighted by Crippen LogP contribution is -1.95. The minimum absolute atomic E-state index is 0.575. The SMILES string of the molecule is COc1ccc(COC/C=C/COCc2ccc3ccccc3c2)cc1. The van der Waals surface area contributed by atoms with E-state index in [4.69, 9.17) is 14.2 Å². The molecule has 26 heavy (non-hydrogen) atoms. The third kappa shape index (κ3) is 5.45. The maximum Gasteiger partial charge on any atom is 0.118 e. The first-order chi connectivity index (χ1) is 12.8. The van der Waals surface area contributed by atoms with Crippen molar-refractivity contribution >= 4 is 10.8 Å². The van der Waals surface area contributed by atoms with Crippen LogP contribution in [0.2, 0.25) is 0 Å². The summed E-state index contributed by atoms with van der Waals surface area (Å²) < 4.78 is 16.5. The molecular formula is C23H24O3. The van der Waals surface area contributed by atoms with Crippen LogP contribution in [0.1, 0.15) is 11.1 Å². The molecule has 0 fully saturated rings. The molecule has 3 aromatic rings. The van der Waals surface area contributed by atoms with Crippen LogP contribution < -0.4 is 4.74 Å². The van der Waals surface area contributed by atoms with Gasteiger partial charge in [0.05, 0.1) is 33.5 Å². The van der Waals surface area contributed by atoms with Crippen molar-refractivity contribution in [1.82, 2.24) is 0 Å². The van der Waals surface area contributed by atoms with Crippen LogP contribution in [0.4, 0.5) is 0 Å². The first kappa shape index (κ1) is 18.2. The minimum Gasteiger partial charge on any atom is -0.497 e. The van der Waals surface area contributed by atoms with Crippen molar-refractivity contribution in [3.63, 3.8) is 0 Å². The summed E-state index contributed by atoms with van der Waals surface area (Å²) in [5, 5.41) is 2.50. The highest BCUT2D eigenvalue weighted by atomic mass is 16.5. The molecule has 0 amide bonds. The van der Waals surface area contributed by atoms with Crippen molar-refractivity contribution in [3.8, 4) is 5.75 Å². The van der Waals surface area contributed by atoms with Gasteiger partial charge in [-0.2, -0.15) is 0 Å². The average Bonchev–Trinajstić information content (AvgIpc) is 2.70. The van der Waals surface area contributed by atoms with Gasteiger partial charge in [0.2, 0.25) is 0 Å². The van der Waals surface area contributed by atoms with Gasteiger partial charge in [0.15, 0.2) is 0 Å². The molecule has 3 aromatic carbocycles. The lowest BCUT2D eigenvalue weighted by atomic mass is 10.1. The number of benzene rings is 3. The van der Waals surface area contributed by atoms with Gasteiger partial charge < -0.3 is 14.2 Å². The third-order valence-corrected chi connectivity index (χ3v) is 4.11. The number of rotatable bonds is 9. The molecule has 0 aliphatic heterocycles. The zero-order valence-electron chi connectivity index (χ0n) is 15.1. The first-order valence-electron chi connectivity index (χ1n) is 8.76. The van der Waals surface area contributed by atoms with E-state index in [0.717, 1.165) is 11.3 Å². The second-order valence-corrected chi connectivity index (χ2v) is 6.03. The lowest BCUT2D eigenvalue weighted by molar-refractivity contribution is 0.140. The molecule has 3 nitrogen and oxygen atoms in total. The molecule has 3 heteroatoms. The molecule has 0 heterocycles. The number of ether oxygens (including phenoxy) is 3. The zero-order valence-corrected chi connectivity index (χ0v) is 15.1. The first-order valence-corrected chi connectivity index (χ1v) is 8.76. The number of hydrogen-bond acceptors (Lipinski definition) is 3. The highest BCUT2D eigenvalue weighted by Gasteiger charge is 1.96. The molecule has 0 spiro atoms. The molecule has 0 radical (unpaired) electrons. The maximum absolute atomic E-state index is 5.70. The Balaban J connectivity index is 1.32. The van der Waals surface area contributed by atoms with Gasteiger partial charge >= 0.3 is 0 Å². The highest BCUT2D eigenvalue weighted by molar-refractivity contribution is 5.82. The summed E-state index contributed by atoms with van der Waals surface area (Å²) in [5.74, 6) is 0.859. The number of fused-ring (bicyclic) bond motifs is 1. The molecule has 0 saturated heterocycles. The van der Waals surface area contributed by atoms with E-state index in [9.17, 15) is 0 Å². The summed E-state index contributed by atoms with van der Waals surface area (Å²) in [7, 11) is 1.67. The van der Waals surface area contributed by atoms with Crippen LogP contribution in [0.5, 0.6) is 5.75 Å². The van der Waals surface area contributed by atoms with E-state index in [-0.39, 0.29) is 0 Å². The highest BCUT2D eigenvalue weighted by Crippen LogP contribution is 2.16. The average molecular weight is 348 g/mol. The Labute approximate surface area is 154 Å². The van der Waals surface area contributed by atoms with Crippen molar-refractivity contribution in [2.24, 2.45) is 0 Å². The van der Waals surface area contributed by atoms with Crippen molar-refractivity contribution in [3.05, 3.63) is 90.0 Å². The lowest BCUT2D eigenvalue weighted by Gasteiger charge is -2.04. The van der Waals surface area contributed by atoms with Gasteiger partial charge in [-0.3, -0.25) is 0 Å². The molecule has 0 aliphatic rings. The van der Waals surface area contributed by atoms with Crippen molar-refractivity contribution in [2.75, 3.05) is 20.3 Å². The quantitative estimate of drug-likeness (QED) is 0.396. The summed E-state index contributed by atoms with van der Waals surface area (Å²) in [5.41, 5.74) is 2.32. The van der Waals surface area contributed by atoms with Crippen LogP contribution in [-0.4, -0.2) is 20.3 Å². The van der Waals surface area contributed by atoms with Crippen LogP contribution in [-0.2, 0) is 22.7 Å². The van der Waals surface area contributed by atoms with Crippen LogP contribution in [0.25, 0.3) is 10.8 Å². The molecule has 0 atom stereocenters. The van der Waals surface area contributed by atoms with E-state index in [0.29, 0.717) is 26.4 Å². The second kappa shape index (κ2) is 9.76. The van der Waals surface area contributed by atoms with Gasteiger partial charge in [0, 0.05) is 0 Å². The molecule has 3 rings (SSSR count). The molecule has 0 aliphatic carbocycles. The second-order valence-electron chi connectivity index (χ2n) is 6.03. The summed E-state index contributed by atoms with van der Waals surface area (Å²) >= 11 is 0. The zero-order chi connectivity index (χ0) is 18.0. The van der Waals surface area contributed by atoms with Gasteiger partial charge in [-0.25, -0.2) is 0 Å². The predicted octanol–water partition coefficient (Wildman–Crippen LogP) is 5.14. The van der Waals surface area contributed by atoms with E-state index in [2.05, 4.69) is 42.5 Å². The Kier molecular flexibility index (Phi) is 6.82. The molecule has 0 bridgehead atoms. The van der Waals surface area contributed by atoms with Crippen molar-refractivity contribution in [2.45, 2.75) is 13.2 Å². The summed E-state index contributed by atoms with van der Waals surface area (Å²) in [6.07, 6.45) is 3.99. The minimum atomic E-state index is 0.575. The Morgan fingerprint density at radius 2 is 1.31 bits per heavy atom. The van der Waals surface area contributed by atoms with E-state index in [1.807, 2.05) is 36.4 Å². The number of hydrogen-bond donors (Lipinski definition) is 0. The molecular weight excluding hydrogens is 324 g/mol. The Morgan fingerprint density at radius 1 is 0.692 bits per heavy atom. The van der Waals surface area contributed by atoms with Gasteiger partial charge in [-0.15, -0.1) is 0 Å². The Bertz CT molecular complexity index is 837. The van der Waals surface area contributed by atoms with Gasteiger partial charge in [-0.05, 0) is 40.1 Å². The fourth-order valence-corrected chi connectivity index (χ4v) is 2.68. The van der Waals surface area contributed by atoms with E-state index < -0.39 is 0 Å². The topological polar surface area (TPSA) is 27.7 Å². The largest absolute Gasteiger partial charge is 0.497 e. The van der Waals surface area contributed by atoms with Crippen LogP contribution in [0.3, 0.4) is 0 Å². The van der Waals surface area contributed by atoms with Crippen molar-refractivity contribution < 1.29 is 14.2 Å².